The van der Waals surface area contributed by atoms with Crippen LogP contribution in [0.4, 0.5) is 4.79 Å². The molecule has 0 aliphatic carbocycles. The fourth-order valence-corrected chi connectivity index (χ4v) is 2.63. The first-order chi connectivity index (χ1) is 9.67. The number of H-pyrrole nitrogens is 1. The van der Waals surface area contributed by atoms with E-state index in [1.807, 2.05) is 6.07 Å². The van der Waals surface area contributed by atoms with Crippen LogP contribution in [-0.2, 0) is 0 Å². The Morgan fingerprint density at radius 3 is 2.85 bits per heavy atom. The van der Waals surface area contributed by atoms with Gasteiger partial charge in [0.1, 0.15) is 5.82 Å². The second kappa shape index (κ2) is 4.85. The average molecular weight is 270 g/mol. The molecule has 102 valence electrons. The minimum absolute atomic E-state index is 0.253. The molecule has 0 spiro atoms. The van der Waals surface area contributed by atoms with E-state index in [4.69, 9.17) is 10.4 Å². The van der Waals surface area contributed by atoms with Crippen LogP contribution >= 0.6 is 0 Å². The Balaban J connectivity index is 1.81. The van der Waals surface area contributed by atoms with Gasteiger partial charge < -0.3 is 15.0 Å². The topological polar surface area (TPSA) is 93.0 Å². The number of rotatable bonds is 1. The SMILES string of the molecule is N#Cc1ccc2[nH]c(C3CCN(C(=O)O)CC3)nc2c1. The lowest BCUT2D eigenvalue weighted by molar-refractivity contribution is 0.131. The van der Waals surface area contributed by atoms with E-state index in [-0.39, 0.29) is 5.92 Å². The molecule has 1 saturated heterocycles. The zero-order chi connectivity index (χ0) is 14.1. The Morgan fingerprint density at radius 2 is 2.20 bits per heavy atom. The number of nitriles is 1. The van der Waals surface area contributed by atoms with E-state index in [1.54, 1.807) is 12.1 Å². The summed E-state index contributed by atoms with van der Waals surface area (Å²) in [6.45, 7) is 1.08. The van der Waals surface area contributed by atoms with Crippen molar-refractivity contribution in [3.63, 3.8) is 0 Å². The highest BCUT2D eigenvalue weighted by atomic mass is 16.4. The maximum Gasteiger partial charge on any atom is 0.407 e. The Kier molecular flexibility index (Phi) is 3.03. The van der Waals surface area contributed by atoms with Crippen molar-refractivity contribution in [1.29, 1.82) is 5.26 Å². The number of aromatic nitrogens is 2. The first-order valence-corrected chi connectivity index (χ1v) is 6.55. The Bertz CT molecular complexity index is 693. The maximum absolute atomic E-state index is 10.9. The van der Waals surface area contributed by atoms with Crippen LogP contribution in [0.1, 0.15) is 30.1 Å². The minimum atomic E-state index is -0.855. The lowest BCUT2D eigenvalue weighted by Gasteiger charge is -2.28. The third-order valence-corrected chi connectivity index (χ3v) is 3.78. The predicted molar refractivity (Wildman–Crippen MR) is 72.4 cm³/mol. The van der Waals surface area contributed by atoms with Gasteiger partial charge in [-0.2, -0.15) is 5.26 Å². The van der Waals surface area contributed by atoms with Gasteiger partial charge in [-0.05, 0) is 31.0 Å². The van der Waals surface area contributed by atoms with Gasteiger partial charge in [0.15, 0.2) is 0 Å². The van der Waals surface area contributed by atoms with Crippen molar-refractivity contribution in [3.05, 3.63) is 29.6 Å². The van der Waals surface area contributed by atoms with Gasteiger partial charge in [-0.1, -0.05) is 0 Å². The largest absolute Gasteiger partial charge is 0.465 e. The molecule has 0 atom stereocenters. The van der Waals surface area contributed by atoms with Crippen molar-refractivity contribution < 1.29 is 9.90 Å². The van der Waals surface area contributed by atoms with Gasteiger partial charge in [0.05, 0.1) is 22.7 Å². The Hall–Kier alpha value is -2.55. The van der Waals surface area contributed by atoms with Crippen LogP contribution in [0.15, 0.2) is 18.2 Å². The molecule has 20 heavy (non-hydrogen) atoms. The summed E-state index contributed by atoms with van der Waals surface area (Å²) in [5.41, 5.74) is 2.30. The third-order valence-electron chi connectivity index (χ3n) is 3.78. The molecule has 1 aromatic heterocycles. The summed E-state index contributed by atoms with van der Waals surface area (Å²) >= 11 is 0. The number of nitrogens with one attached hydrogen (secondary N) is 1. The average Bonchev–Trinajstić information content (AvgIpc) is 2.90. The van der Waals surface area contributed by atoms with Crippen molar-refractivity contribution in [2.75, 3.05) is 13.1 Å². The second-order valence-corrected chi connectivity index (χ2v) is 5.01. The molecule has 2 N–H and O–H groups in total. The molecule has 1 aliphatic rings. The standard InChI is InChI=1S/C14H14N4O2/c15-8-9-1-2-11-12(7-9)17-13(16-11)10-3-5-18(6-4-10)14(19)20/h1-2,7,10H,3-6H2,(H,16,17)(H,19,20). The fraction of sp³-hybridized carbons (Fsp3) is 0.357. The molecule has 1 amide bonds. The smallest absolute Gasteiger partial charge is 0.407 e. The van der Waals surface area contributed by atoms with Crippen molar-refractivity contribution in [2.24, 2.45) is 0 Å². The molecular weight excluding hydrogens is 256 g/mol. The third kappa shape index (κ3) is 2.18. The number of imidazole rings is 1. The number of benzene rings is 1. The van der Waals surface area contributed by atoms with Crippen molar-refractivity contribution in [1.82, 2.24) is 14.9 Å². The summed E-state index contributed by atoms with van der Waals surface area (Å²) in [4.78, 5) is 20.1. The molecule has 0 bridgehead atoms. The molecule has 6 nitrogen and oxygen atoms in total. The summed E-state index contributed by atoms with van der Waals surface area (Å²) in [5, 5.41) is 17.8. The van der Waals surface area contributed by atoms with Gasteiger partial charge in [0, 0.05) is 19.0 Å². The molecule has 6 heteroatoms. The van der Waals surface area contributed by atoms with Gasteiger partial charge in [-0.15, -0.1) is 0 Å². The number of carbonyl (C=O) groups is 1. The number of hydrogen-bond acceptors (Lipinski definition) is 3. The Morgan fingerprint density at radius 1 is 1.45 bits per heavy atom. The van der Waals surface area contributed by atoms with Gasteiger partial charge in [0.25, 0.3) is 0 Å². The first kappa shape index (κ1) is 12.5. The zero-order valence-corrected chi connectivity index (χ0v) is 10.8. The van der Waals surface area contributed by atoms with Crippen molar-refractivity contribution in [3.8, 4) is 6.07 Å². The molecule has 0 unspecified atom stereocenters. The van der Waals surface area contributed by atoms with Crippen molar-refractivity contribution >= 4 is 17.1 Å². The summed E-state index contributed by atoms with van der Waals surface area (Å²) in [6.07, 6.45) is 0.695. The number of fused-ring (bicyclic) bond motifs is 1. The van der Waals surface area contributed by atoms with E-state index in [0.717, 1.165) is 29.7 Å². The zero-order valence-electron chi connectivity index (χ0n) is 10.8. The summed E-state index contributed by atoms with van der Waals surface area (Å²) in [5.74, 6) is 1.14. The van der Waals surface area contributed by atoms with Gasteiger partial charge in [-0.25, -0.2) is 9.78 Å². The number of likely N-dealkylation sites (tertiary alicyclic amines) is 1. The first-order valence-electron chi connectivity index (χ1n) is 6.55. The summed E-state index contributed by atoms with van der Waals surface area (Å²) < 4.78 is 0. The highest BCUT2D eigenvalue weighted by molar-refractivity contribution is 5.76. The molecule has 1 fully saturated rings. The lowest BCUT2D eigenvalue weighted by atomic mass is 9.96. The molecule has 2 aromatic rings. The lowest BCUT2D eigenvalue weighted by Crippen LogP contribution is -2.37. The summed E-state index contributed by atoms with van der Waals surface area (Å²) in [7, 11) is 0. The number of carboxylic acid groups (broad SMARTS) is 1. The number of hydrogen-bond donors (Lipinski definition) is 2. The maximum atomic E-state index is 10.9. The van der Waals surface area contributed by atoms with Crippen LogP contribution in [0.5, 0.6) is 0 Å². The number of piperidine rings is 1. The van der Waals surface area contributed by atoms with Crippen LogP contribution in [0.2, 0.25) is 0 Å². The highest BCUT2D eigenvalue weighted by Crippen LogP contribution is 2.27. The van der Waals surface area contributed by atoms with Gasteiger partial charge in [0.2, 0.25) is 0 Å². The number of aromatic amines is 1. The van der Waals surface area contributed by atoms with E-state index in [2.05, 4.69) is 16.0 Å². The van der Waals surface area contributed by atoms with E-state index in [1.165, 1.54) is 4.90 Å². The molecule has 0 saturated carbocycles. The van der Waals surface area contributed by atoms with E-state index in [9.17, 15) is 4.79 Å². The number of amides is 1. The normalized spacial score (nSPS) is 16.2. The molecule has 3 rings (SSSR count). The Labute approximate surface area is 115 Å². The predicted octanol–water partition coefficient (Wildman–Crippen LogP) is 2.29. The summed E-state index contributed by atoms with van der Waals surface area (Å²) in [6, 6.07) is 7.49. The van der Waals surface area contributed by atoms with Crippen LogP contribution in [0.3, 0.4) is 0 Å². The van der Waals surface area contributed by atoms with E-state index in [0.29, 0.717) is 18.7 Å². The van der Waals surface area contributed by atoms with E-state index >= 15 is 0 Å². The molecule has 1 aliphatic heterocycles. The minimum Gasteiger partial charge on any atom is -0.465 e. The van der Waals surface area contributed by atoms with Crippen LogP contribution in [0, 0.1) is 11.3 Å². The van der Waals surface area contributed by atoms with Gasteiger partial charge in [-0.3, -0.25) is 0 Å². The van der Waals surface area contributed by atoms with Crippen molar-refractivity contribution in [2.45, 2.75) is 18.8 Å². The highest BCUT2D eigenvalue weighted by Gasteiger charge is 2.25. The second-order valence-electron chi connectivity index (χ2n) is 5.01. The number of nitrogens with zero attached hydrogens (tertiary/aromatic N) is 3. The molecule has 2 heterocycles. The van der Waals surface area contributed by atoms with Gasteiger partial charge >= 0.3 is 6.09 Å². The molecule has 1 aromatic carbocycles. The molecular formula is C14H14N4O2. The quantitative estimate of drug-likeness (QED) is 0.831. The monoisotopic (exact) mass is 270 g/mol. The van der Waals surface area contributed by atoms with Crippen LogP contribution < -0.4 is 0 Å². The fourth-order valence-electron chi connectivity index (χ4n) is 2.63. The molecule has 0 radical (unpaired) electrons. The van der Waals surface area contributed by atoms with Crippen LogP contribution in [-0.4, -0.2) is 39.2 Å². The van der Waals surface area contributed by atoms with Crippen LogP contribution in [0.25, 0.3) is 11.0 Å². The van der Waals surface area contributed by atoms with E-state index < -0.39 is 6.09 Å².